The smallest absolute Gasteiger partial charge is 0.161 e. The number of nitrogens with zero attached hydrogens (tertiary/aromatic N) is 2. The van der Waals surface area contributed by atoms with Gasteiger partial charge < -0.3 is 23.5 Å². The van der Waals surface area contributed by atoms with Crippen molar-refractivity contribution in [2.75, 3.05) is 20.8 Å². The molecule has 0 fully saturated rings. The third kappa shape index (κ3) is 4.74. The molecule has 0 radical (unpaired) electrons. The van der Waals surface area contributed by atoms with Crippen molar-refractivity contribution >= 4 is 11.0 Å². The van der Waals surface area contributed by atoms with Gasteiger partial charge in [-0.1, -0.05) is 36.4 Å². The van der Waals surface area contributed by atoms with Crippen LogP contribution in [0, 0.1) is 0 Å². The molecule has 3 aromatic carbocycles. The van der Waals surface area contributed by atoms with E-state index in [1.807, 2.05) is 66.7 Å². The number of hydrogen-bond acceptors (Lipinski definition) is 5. The van der Waals surface area contributed by atoms with Gasteiger partial charge in [0.15, 0.2) is 23.0 Å². The fourth-order valence-corrected chi connectivity index (χ4v) is 3.51. The Kier molecular flexibility index (Phi) is 6.57. The van der Waals surface area contributed by atoms with E-state index in [4.69, 9.17) is 23.9 Å². The largest absolute Gasteiger partial charge is 0.493 e. The minimum absolute atomic E-state index is 0.350. The van der Waals surface area contributed by atoms with Crippen molar-refractivity contribution in [3.8, 4) is 23.0 Å². The fraction of sp³-hybridized carbons (Fsp3) is 0.240. The third-order valence-electron chi connectivity index (χ3n) is 5.01. The van der Waals surface area contributed by atoms with E-state index in [1.54, 1.807) is 14.2 Å². The quantitative estimate of drug-likeness (QED) is 0.335. The molecular weight excluding hydrogens is 392 g/mol. The van der Waals surface area contributed by atoms with Gasteiger partial charge >= 0.3 is 0 Å². The van der Waals surface area contributed by atoms with E-state index in [0.717, 1.165) is 41.3 Å². The number of methoxy groups -OCH3 is 2. The summed E-state index contributed by atoms with van der Waals surface area (Å²) < 4.78 is 24.9. The number of imidazole rings is 1. The van der Waals surface area contributed by atoms with E-state index in [1.165, 1.54) is 0 Å². The second kappa shape index (κ2) is 9.89. The van der Waals surface area contributed by atoms with Gasteiger partial charge in [0.1, 0.15) is 12.4 Å². The number of rotatable bonds is 10. The van der Waals surface area contributed by atoms with Gasteiger partial charge in [0, 0.05) is 6.54 Å². The highest BCUT2D eigenvalue weighted by Gasteiger charge is 2.12. The van der Waals surface area contributed by atoms with Crippen LogP contribution in [0.5, 0.6) is 23.0 Å². The molecule has 0 saturated heterocycles. The first kappa shape index (κ1) is 20.6. The van der Waals surface area contributed by atoms with E-state index in [-0.39, 0.29) is 0 Å². The molecular formula is C25H26N2O4. The highest BCUT2D eigenvalue weighted by atomic mass is 16.5. The lowest BCUT2D eigenvalue weighted by molar-refractivity contribution is 0.264. The maximum Gasteiger partial charge on any atom is 0.161 e. The summed E-state index contributed by atoms with van der Waals surface area (Å²) in [6, 6.07) is 23.4. The Morgan fingerprint density at radius 2 is 1.29 bits per heavy atom. The SMILES string of the molecule is COc1ccccc1OCCCn1c(COc2ccccc2OC)nc2ccccc21. The van der Waals surface area contributed by atoms with E-state index in [0.29, 0.717) is 24.7 Å². The fourth-order valence-electron chi connectivity index (χ4n) is 3.51. The van der Waals surface area contributed by atoms with Gasteiger partial charge in [0.25, 0.3) is 0 Å². The Bertz CT molecular complexity index is 1140. The molecule has 6 nitrogen and oxygen atoms in total. The van der Waals surface area contributed by atoms with Crippen molar-refractivity contribution in [2.45, 2.75) is 19.6 Å². The van der Waals surface area contributed by atoms with E-state index >= 15 is 0 Å². The summed E-state index contributed by atoms with van der Waals surface area (Å²) in [7, 11) is 3.28. The molecule has 0 unspecified atom stereocenters. The summed E-state index contributed by atoms with van der Waals surface area (Å²) in [5.74, 6) is 3.75. The summed E-state index contributed by atoms with van der Waals surface area (Å²) in [6.45, 7) is 1.68. The molecule has 31 heavy (non-hydrogen) atoms. The van der Waals surface area contributed by atoms with E-state index in [2.05, 4.69) is 10.6 Å². The molecule has 0 spiro atoms. The van der Waals surface area contributed by atoms with Crippen molar-refractivity contribution in [3.63, 3.8) is 0 Å². The highest BCUT2D eigenvalue weighted by Crippen LogP contribution is 2.28. The zero-order valence-corrected chi connectivity index (χ0v) is 17.8. The average Bonchev–Trinajstić information content (AvgIpc) is 3.18. The standard InChI is InChI=1S/C25H26N2O4/c1-28-21-12-5-7-14-23(21)30-17-9-16-27-20-11-4-3-10-19(20)26-25(27)18-31-24-15-8-6-13-22(24)29-2/h3-8,10-15H,9,16-18H2,1-2H3. The van der Waals surface area contributed by atoms with E-state index < -0.39 is 0 Å². The molecule has 0 aliphatic rings. The molecule has 160 valence electrons. The van der Waals surface area contributed by atoms with Gasteiger partial charge in [0.05, 0.1) is 31.9 Å². The molecule has 4 rings (SSSR count). The minimum Gasteiger partial charge on any atom is -0.493 e. The Morgan fingerprint density at radius 3 is 1.97 bits per heavy atom. The molecule has 4 aromatic rings. The predicted molar refractivity (Wildman–Crippen MR) is 120 cm³/mol. The van der Waals surface area contributed by atoms with Crippen molar-refractivity contribution in [1.82, 2.24) is 9.55 Å². The van der Waals surface area contributed by atoms with Crippen LogP contribution in [0.2, 0.25) is 0 Å². The molecule has 0 amide bonds. The summed E-state index contributed by atoms with van der Waals surface area (Å²) in [4.78, 5) is 4.78. The molecule has 1 heterocycles. The number of ether oxygens (including phenoxy) is 4. The Labute approximate surface area is 182 Å². The molecule has 0 saturated carbocycles. The first-order valence-electron chi connectivity index (χ1n) is 10.3. The maximum absolute atomic E-state index is 6.03. The van der Waals surface area contributed by atoms with Crippen LogP contribution in [0.25, 0.3) is 11.0 Å². The normalized spacial score (nSPS) is 10.8. The number of aryl methyl sites for hydroxylation is 1. The lowest BCUT2D eigenvalue weighted by Gasteiger charge is -2.13. The Morgan fingerprint density at radius 1 is 0.710 bits per heavy atom. The number of benzene rings is 3. The molecule has 6 heteroatoms. The van der Waals surface area contributed by atoms with Crippen molar-refractivity contribution in [3.05, 3.63) is 78.6 Å². The number of hydrogen-bond donors (Lipinski definition) is 0. The second-order valence-electron chi connectivity index (χ2n) is 6.96. The number of para-hydroxylation sites is 6. The van der Waals surface area contributed by atoms with Gasteiger partial charge in [-0.05, 0) is 42.8 Å². The first-order valence-corrected chi connectivity index (χ1v) is 10.3. The monoisotopic (exact) mass is 418 g/mol. The minimum atomic E-state index is 0.350. The second-order valence-corrected chi connectivity index (χ2v) is 6.96. The molecule has 0 aliphatic carbocycles. The molecule has 0 aliphatic heterocycles. The van der Waals surface area contributed by atoms with Crippen LogP contribution in [0.1, 0.15) is 12.2 Å². The summed E-state index contributed by atoms with van der Waals surface area (Å²) >= 11 is 0. The van der Waals surface area contributed by atoms with Gasteiger partial charge in [-0.15, -0.1) is 0 Å². The zero-order valence-electron chi connectivity index (χ0n) is 17.8. The number of fused-ring (bicyclic) bond motifs is 1. The van der Waals surface area contributed by atoms with Crippen LogP contribution in [0.3, 0.4) is 0 Å². The van der Waals surface area contributed by atoms with Gasteiger partial charge in [-0.3, -0.25) is 0 Å². The molecule has 0 N–H and O–H groups in total. The molecule has 0 bridgehead atoms. The lowest BCUT2D eigenvalue weighted by atomic mass is 10.3. The van der Waals surface area contributed by atoms with Crippen molar-refractivity contribution in [2.24, 2.45) is 0 Å². The lowest BCUT2D eigenvalue weighted by Crippen LogP contribution is -2.10. The van der Waals surface area contributed by atoms with Crippen molar-refractivity contribution < 1.29 is 18.9 Å². The predicted octanol–water partition coefficient (Wildman–Crippen LogP) is 5.10. The van der Waals surface area contributed by atoms with Gasteiger partial charge in [-0.25, -0.2) is 4.98 Å². The summed E-state index contributed by atoms with van der Waals surface area (Å²) in [5, 5.41) is 0. The highest BCUT2D eigenvalue weighted by molar-refractivity contribution is 5.75. The van der Waals surface area contributed by atoms with Crippen LogP contribution in [-0.4, -0.2) is 30.4 Å². The van der Waals surface area contributed by atoms with Crippen molar-refractivity contribution in [1.29, 1.82) is 0 Å². The van der Waals surface area contributed by atoms with Crippen LogP contribution in [0.4, 0.5) is 0 Å². The maximum atomic E-state index is 6.03. The average molecular weight is 418 g/mol. The van der Waals surface area contributed by atoms with E-state index in [9.17, 15) is 0 Å². The Hall–Kier alpha value is -3.67. The van der Waals surface area contributed by atoms with Crippen LogP contribution >= 0.6 is 0 Å². The molecule has 1 aromatic heterocycles. The van der Waals surface area contributed by atoms with Gasteiger partial charge in [0.2, 0.25) is 0 Å². The summed E-state index contributed by atoms with van der Waals surface area (Å²) in [6.07, 6.45) is 0.820. The Balaban J connectivity index is 1.46. The van der Waals surface area contributed by atoms with Crippen LogP contribution < -0.4 is 18.9 Å². The third-order valence-corrected chi connectivity index (χ3v) is 5.01. The topological polar surface area (TPSA) is 54.7 Å². The van der Waals surface area contributed by atoms with Gasteiger partial charge in [-0.2, -0.15) is 0 Å². The first-order chi connectivity index (χ1) is 15.3. The molecule has 0 atom stereocenters. The number of aromatic nitrogens is 2. The van der Waals surface area contributed by atoms with Crippen LogP contribution in [-0.2, 0) is 13.2 Å². The van der Waals surface area contributed by atoms with Crippen LogP contribution in [0.15, 0.2) is 72.8 Å². The zero-order chi connectivity index (χ0) is 21.5. The summed E-state index contributed by atoms with van der Waals surface area (Å²) in [5.41, 5.74) is 2.03.